The van der Waals surface area contributed by atoms with E-state index in [2.05, 4.69) is 12.1 Å². The highest BCUT2D eigenvalue weighted by molar-refractivity contribution is 6.16. The summed E-state index contributed by atoms with van der Waals surface area (Å²) in [4.78, 5) is 11.9. The summed E-state index contributed by atoms with van der Waals surface area (Å²) in [5, 5.41) is 0. The highest BCUT2D eigenvalue weighted by Gasteiger charge is 2.11. The molecular weight excluding hydrogens is 248 g/mol. The van der Waals surface area contributed by atoms with Crippen LogP contribution in [0.4, 0.5) is 0 Å². The molecule has 2 rings (SSSR count). The van der Waals surface area contributed by atoms with Crippen molar-refractivity contribution >= 4 is 11.5 Å². The molecule has 2 aromatic carbocycles. The largest absolute Gasteiger partial charge is 0.465 e. The van der Waals surface area contributed by atoms with Gasteiger partial charge in [-0.1, -0.05) is 66.7 Å². The number of hydrogen-bond donors (Lipinski definition) is 0. The average molecular weight is 266 g/mol. The van der Waals surface area contributed by atoms with Crippen molar-refractivity contribution in [2.45, 2.75) is 12.8 Å². The number of benzene rings is 2. The van der Waals surface area contributed by atoms with Crippen molar-refractivity contribution in [2.24, 2.45) is 0 Å². The molecule has 2 aromatic rings. The van der Waals surface area contributed by atoms with Crippen LogP contribution >= 0.6 is 0 Å². The van der Waals surface area contributed by atoms with Gasteiger partial charge >= 0.3 is 5.97 Å². The Morgan fingerprint density at radius 3 is 2.20 bits per heavy atom. The van der Waals surface area contributed by atoms with Gasteiger partial charge in [-0.3, -0.25) is 0 Å². The predicted molar refractivity (Wildman–Crippen MR) is 81.2 cm³/mol. The minimum Gasteiger partial charge on any atom is -0.465 e. The molecule has 2 nitrogen and oxygen atoms in total. The Bertz CT molecular complexity index is 571. The minimum atomic E-state index is -0.288. The maximum Gasteiger partial charge on any atom is 0.338 e. The summed E-state index contributed by atoms with van der Waals surface area (Å²) in [7, 11) is 1.41. The third kappa shape index (κ3) is 3.82. The van der Waals surface area contributed by atoms with Crippen LogP contribution in [0.15, 0.2) is 66.7 Å². The van der Waals surface area contributed by atoms with Crippen molar-refractivity contribution in [1.82, 2.24) is 0 Å². The highest BCUT2D eigenvalue weighted by atomic mass is 16.5. The molecule has 0 N–H and O–H groups in total. The fourth-order valence-corrected chi connectivity index (χ4v) is 2.07. The summed E-state index contributed by atoms with van der Waals surface area (Å²) in [6.07, 6.45) is 3.67. The Morgan fingerprint density at radius 2 is 1.60 bits per heavy atom. The van der Waals surface area contributed by atoms with Gasteiger partial charge in [0.1, 0.15) is 0 Å². The zero-order valence-electron chi connectivity index (χ0n) is 11.6. The van der Waals surface area contributed by atoms with Gasteiger partial charge in [0.2, 0.25) is 0 Å². The molecule has 0 atom stereocenters. The van der Waals surface area contributed by atoms with Gasteiger partial charge in [-0.25, -0.2) is 4.79 Å². The van der Waals surface area contributed by atoms with Crippen molar-refractivity contribution in [2.75, 3.05) is 7.11 Å². The molecule has 0 amide bonds. The monoisotopic (exact) mass is 266 g/mol. The van der Waals surface area contributed by atoms with E-state index in [1.807, 2.05) is 54.6 Å². The third-order valence-electron chi connectivity index (χ3n) is 3.11. The lowest BCUT2D eigenvalue weighted by Gasteiger charge is -2.06. The smallest absolute Gasteiger partial charge is 0.338 e. The lowest BCUT2D eigenvalue weighted by Crippen LogP contribution is -2.04. The summed E-state index contributed by atoms with van der Waals surface area (Å²) in [5.41, 5.74) is 2.79. The first-order chi connectivity index (χ1) is 9.81. The molecule has 0 unspecified atom stereocenters. The highest BCUT2D eigenvalue weighted by Crippen LogP contribution is 2.17. The normalized spacial score (nSPS) is 11.2. The van der Waals surface area contributed by atoms with E-state index in [0.717, 1.165) is 18.4 Å². The molecule has 0 radical (unpaired) electrons. The second-order valence-corrected chi connectivity index (χ2v) is 4.50. The lowest BCUT2D eigenvalue weighted by molar-refractivity contribution is -0.133. The van der Waals surface area contributed by atoms with E-state index >= 15 is 0 Å². The van der Waals surface area contributed by atoms with Crippen molar-refractivity contribution in [1.29, 1.82) is 0 Å². The quantitative estimate of drug-likeness (QED) is 0.606. The molecule has 0 heterocycles. The van der Waals surface area contributed by atoms with E-state index in [9.17, 15) is 4.79 Å². The van der Waals surface area contributed by atoms with Crippen molar-refractivity contribution in [3.05, 3.63) is 77.9 Å². The van der Waals surface area contributed by atoms with Crippen LogP contribution in [0, 0.1) is 0 Å². The van der Waals surface area contributed by atoms with Gasteiger partial charge in [0.05, 0.1) is 12.7 Å². The van der Waals surface area contributed by atoms with Crippen LogP contribution in [0.25, 0.3) is 5.57 Å². The number of rotatable bonds is 5. The number of allylic oxidation sites excluding steroid dienone is 1. The Morgan fingerprint density at radius 1 is 1.00 bits per heavy atom. The molecule has 0 spiro atoms. The standard InChI is InChI=1S/C18H18O2/c1-20-18(19)17(16-12-6-3-7-13-16)14-8-11-15-9-4-2-5-10-15/h2-7,9-10,12-14H,8,11H2,1H3/b17-14-. The SMILES string of the molecule is COC(=O)/C(=C\CCc1ccccc1)c1ccccc1. The number of carbonyl (C=O) groups excluding carboxylic acids is 1. The topological polar surface area (TPSA) is 26.3 Å². The number of aryl methyl sites for hydroxylation is 1. The number of esters is 1. The maximum absolute atomic E-state index is 11.9. The zero-order chi connectivity index (χ0) is 14.2. The van der Waals surface area contributed by atoms with Crippen molar-refractivity contribution < 1.29 is 9.53 Å². The first kappa shape index (κ1) is 14.1. The second-order valence-electron chi connectivity index (χ2n) is 4.50. The van der Waals surface area contributed by atoms with E-state index < -0.39 is 0 Å². The maximum atomic E-state index is 11.9. The Kier molecular flexibility index (Phi) is 5.13. The summed E-state index contributed by atoms with van der Waals surface area (Å²) >= 11 is 0. The van der Waals surface area contributed by atoms with Crippen LogP contribution < -0.4 is 0 Å². The van der Waals surface area contributed by atoms with Gasteiger partial charge in [-0.05, 0) is 24.0 Å². The van der Waals surface area contributed by atoms with Crippen molar-refractivity contribution in [3.63, 3.8) is 0 Å². The average Bonchev–Trinajstić information content (AvgIpc) is 2.53. The van der Waals surface area contributed by atoms with Crippen LogP contribution in [0.5, 0.6) is 0 Å². The van der Waals surface area contributed by atoms with E-state index in [4.69, 9.17) is 4.74 Å². The summed E-state index contributed by atoms with van der Waals surface area (Å²) < 4.78 is 4.86. The van der Waals surface area contributed by atoms with Crippen LogP contribution in [0.2, 0.25) is 0 Å². The van der Waals surface area contributed by atoms with E-state index in [1.54, 1.807) is 0 Å². The summed E-state index contributed by atoms with van der Waals surface area (Å²) in [6.45, 7) is 0. The molecule has 0 aliphatic rings. The fourth-order valence-electron chi connectivity index (χ4n) is 2.07. The molecule has 0 saturated heterocycles. The molecule has 0 saturated carbocycles. The number of carbonyl (C=O) groups is 1. The summed E-state index contributed by atoms with van der Waals surface area (Å²) in [6, 6.07) is 19.9. The van der Waals surface area contributed by atoms with Gasteiger partial charge in [0.15, 0.2) is 0 Å². The van der Waals surface area contributed by atoms with Gasteiger partial charge in [0.25, 0.3) is 0 Å². The first-order valence-corrected chi connectivity index (χ1v) is 6.69. The second kappa shape index (κ2) is 7.29. The Hall–Kier alpha value is -2.35. The van der Waals surface area contributed by atoms with Gasteiger partial charge in [0, 0.05) is 0 Å². The zero-order valence-corrected chi connectivity index (χ0v) is 11.6. The van der Waals surface area contributed by atoms with Gasteiger partial charge in [-0.15, -0.1) is 0 Å². The predicted octanol–water partition coefficient (Wildman–Crippen LogP) is 3.88. The Balaban J connectivity index is 2.11. The molecule has 2 heteroatoms. The molecule has 102 valence electrons. The van der Waals surface area contributed by atoms with Crippen molar-refractivity contribution in [3.8, 4) is 0 Å². The van der Waals surface area contributed by atoms with E-state index in [0.29, 0.717) is 5.57 Å². The van der Waals surface area contributed by atoms with E-state index in [1.165, 1.54) is 12.7 Å². The molecule has 20 heavy (non-hydrogen) atoms. The molecule has 0 aliphatic heterocycles. The number of hydrogen-bond acceptors (Lipinski definition) is 2. The number of ether oxygens (including phenoxy) is 1. The molecule has 0 bridgehead atoms. The lowest BCUT2D eigenvalue weighted by atomic mass is 10.0. The first-order valence-electron chi connectivity index (χ1n) is 6.69. The minimum absolute atomic E-state index is 0.288. The molecular formula is C18H18O2. The molecule has 0 aliphatic carbocycles. The van der Waals surface area contributed by atoms with Crippen LogP contribution in [0.1, 0.15) is 17.5 Å². The van der Waals surface area contributed by atoms with Gasteiger partial charge < -0.3 is 4.74 Å². The van der Waals surface area contributed by atoms with Crippen LogP contribution in [-0.2, 0) is 16.0 Å². The number of methoxy groups -OCH3 is 1. The summed E-state index contributed by atoms with van der Waals surface area (Å²) in [5.74, 6) is -0.288. The third-order valence-corrected chi connectivity index (χ3v) is 3.11. The van der Waals surface area contributed by atoms with Gasteiger partial charge in [-0.2, -0.15) is 0 Å². The van der Waals surface area contributed by atoms with Crippen LogP contribution in [-0.4, -0.2) is 13.1 Å². The fraction of sp³-hybridized carbons (Fsp3) is 0.167. The molecule has 0 fully saturated rings. The van der Waals surface area contributed by atoms with Crippen LogP contribution in [0.3, 0.4) is 0 Å². The Labute approximate surface area is 119 Å². The molecule has 0 aromatic heterocycles. The van der Waals surface area contributed by atoms with E-state index in [-0.39, 0.29) is 5.97 Å².